The van der Waals surface area contributed by atoms with E-state index in [9.17, 15) is 13.6 Å². The highest BCUT2D eigenvalue weighted by atomic mass is 32.2. The Morgan fingerprint density at radius 2 is 1.83 bits per heavy atom. The molecule has 1 rings (SSSR count). The summed E-state index contributed by atoms with van der Waals surface area (Å²) in [5.41, 5.74) is -0.0990. The van der Waals surface area contributed by atoms with Crippen LogP contribution < -0.4 is 10.6 Å². The van der Waals surface area contributed by atoms with Crippen molar-refractivity contribution in [3.05, 3.63) is 24.3 Å². The zero-order valence-electron chi connectivity index (χ0n) is 10.5. The lowest BCUT2D eigenvalue weighted by molar-refractivity contribution is -0.121. The highest BCUT2D eigenvalue weighted by Gasteiger charge is 2.24. The van der Waals surface area contributed by atoms with Crippen LogP contribution in [0.2, 0.25) is 0 Å². The van der Waals surface area contributed by atoms with Gasteiger partial charge in [0.05, 0.1) is 5.54 Å². The minimum absolute atomic E-state index is 0.181. The molecular formula is C12H16F2N2OS. The molecule has 2 N–H and O–H groups in total. The zero-order valence-corrected chi connectivity index (χ0v) is 11.3. The standard InChI is InChI=1S/C12H16F2N2OS/c1-12(2,15-3)10(17)16-8-4-6-9(7-5-8)18-11(13)14/h4-7,11,15H,1-3H3,(H,16,17). The second-order valence-corrected chi connectivity index (χ2v) is 5.30. The first kappa shape index (κ1) is 14.9. The van der Waals surface area contributed by atoms with Crippen molar-refractivity contribution in [2.75, 3.05) is 12.4 Å². The normalized spacial score (nSPS) is 11.7. The molecule has 1 aromatic carbocycles. The van der Waals surface area contributed by atoms with E-state index in [4.69, 9.17) is 0 Å². The molecule has 0 heterocycles. The molecule has 0 aromatic heterocycles. The van der Waals surface area contributed by atoms with Crippen LogP contribution in [0.25, 0.3) is 0 Å². The predicted molar refractivity (Wildman–Crippen MR) is 70.1 cm³/mol. The third-order valence-corrected chi connectivity index (χ3v) is 3.25. The van der Waals surface area contributed by atoms with E-state index in [1.54, 1.807) is 45.2 Å². The van der Waals surface area contributed by atoms with Crippen LogP contribution in [0.3, 0.4) is 0 Å². The molecule has 0 saturated carbocycles. The van der Waals surface area contributed by atoms with Crippen LogP contribution in [0, 0.1) is 0 Å². The second kappa shape index (κ2) is 6.15. The van der Waals surface area contributed by atoms with Gasteiger partial charge in [0, 0.05) is 10.6 Å². The number of rotatable bonds is 5. The van der Waals surface area contributed by atoms with Gasteiger partial charge < -0.3 is 10.6 Å². The Morgan fingerprint density at radius 1 is 1.28 bits per heavy atom. The number of nitrogens with one attached hydrogen (secondary N) is 2. The molecule has 0 atom stereocenters. The van der Waals surface area contributed by atoms with Gasteiger partial charge in [-0.25, -0.2) is 0 Å². The quantitative estimate of drug-likeness (QED) is 0.811. The number of likely N-dealkylation sites (N-methyl/N-ethyl adjacent to an activating group) is 1. The zero-order chi connectivity index (χ0) is 13.8. The van der Waals surface area contributed by atoms with Crippen molar-refractivity contribution in [2.45, 2.75) is 30.0 Å². The van der Waals surface area contributed by atoms with E-state index in [2.05, 4.69) is 10.6 Å². The lowest BCUT2D eigenvalue weighted by atomic mass is 10.1. The van der Waals surface area contributed by atoms with Crippen molar-refractivity contribution in [1.82, 2.24) is 5.32 Å². The number of alkyl halides is 2. The molecule has 0 aliphatic heterocycles. The van der Waals surface area contributed by atoms with Gasteiger partial charge in [0.1, 0.15) is 0 Å². The third kappa shape index (κ3) is 4.27. The molecule has 0 radical (unpaired) electrons. The Bertz CT molecular complexity index is 407. The first-order valence-corrected chi connectivity index (χ1v) is 6.28. The number of carbonyl (C=O) groups excluding carboxylic acids is 1. The van der Waals surface area contributed by atoms with Gasteiger partial charge in [-0.1, -0.05) is 11.8 Å². The smallest absolute Gasteiger partial charge is 0.288 e. The topological polar surface area (TPSA) is 41.1 Å². The Hall–Kier alpha value is -1.14. The molecule has 18 heavy (non-hydrogen) atoms. The van der Waals surface area contributed by atoms with Crippen LogP contribution in [0.15, 0.2) is 29.2 Å². The average molecular weight is 274 g/mol. The summed E-state index contributed by atoms with van der Waals surface area (Å²) in [6, 6.07) is 6.32. The van der Waals surface area contributed by atoms with Gasteiger partial charge in [0.2, 0.25) is 5.91 Å². The van der Waals surface area contributed by atoms with E-state index < -0.39 is 11.3 Å². The lowest BCUT2D eigenvalue weighted by Crippen LogP contribution is -2.47. The number of anilines is 1. The Kier molecular flexibility index (Phi) is 5.10. The highest BCUT2D eigenvalue weighted by molar-refractivity contribution is 7.99. The molecule has 0 aliphatic carbocycles. The number of hydrogen-bond donors (Lipinski definition) is 2. The number of carbonyl (C=O) groups is 1. The summed E-state index contributed by atoms with van der Waals surface area (Å²) in [4.78, 5) is 12.3. The number of amides is 1. The summed E-state index contributed by atoms with van der Waals surface area (Å²) in [5, 5.41) is 5.60. The first-order valence-electron chi connectivity index (χ1n) is 5.40. The maximum atomic E-state index is 12.1. The second-order valence-electron chi connectivity index (χ2n) is 4.23. The molecule has 0 bridgehead atoms. The van der Waals surface area contributed by atoms with Crippen molar-refractivity contribution < 1.29 is 13.6 Å². The first-order chi connectivity index (χ1) is 8.35. The fourth-order valence-electron chi connectivity index (χ4n) is 1.12. The van der Waals surface area contributed by atoms with Gasteiger partial charge in [0.25, 0.3) is 5.76 Å². The molecule has 0 fully saturated rings. The molecule has 0 spiro atoms. The molecule has 6 heteroatoms. The summed E-state index contributed by atoms with van der Waals surface area (Å²) in [6.07, 6.45) is 0. The highest BCUT2D eigenvalue weighted by Crippen LogP contribution is 2.26. The number of halogens is 2. The predicted octanol–water partition coefficient (Wildman–Crippen LogP) is 2.94. The monoisotopic (exact) mass is 274 g/mol. The van der Waals surface area contributed by atoms with Crippen LogP contribution in [0.5, 0.6) is 0 Å². The van der Waals surface area contributed by atoms with E-state index in [1.165, 1.54) is 0 Å². The Balaban J connectivity index is 2.67. The molecule has 0 unspecified atom stereocenters. The van der Waals surface area contributed by atoms with E-state index in [0.29, 0.717) is 22.3 Å². The number of benzene rings is 1. The van der Waals surface area contributed by atoms with E-state index in [-0.39, 0.29) is 5.91 Å². The average Bonchev–Trinajstić information content (AvgIpc) is 2.31. The summed E-state index contributed by atoms with van der Waals surface area (Å²) >= 11 is 0.478. The Labute approximate surface area is 109 Å². The van der Waals surface area contributed by atoms with Crippen LogP contribution in [0.1, 0.15) is 13.8 Å². The van der Waals surface area contributed by atoms with Crippen LogP contribution in [0.4, 0.5) is 14.5 Å². The van der Waals surface area contributed by atoms with Gasteiger partial charge in [-0.15, -0.1) is 0 Å². The lowest BCUT2D eigenvalue weighted by Gasteiger charge is -2.22. The van der Waals surface area contributed by atoms with Gasteiger partial charge in [-0.2, -0.15) is 8.78 Å². The number of thioether (sulfide) groups is 1. The van der Waals surface area contributed by atoms with Crippen LogP contribution in [-0.4, -0.2) is 24.3 Å². The maximum Gasteiger partial charge on any atom is 0.288 e. The number of hydrogen-bond acceptors (Lipinski definition) is 3. The van der Waals surface area contributed by atoms with Gasteiger partial charge in [-0.3, -0.25) is 4.79 Å². The van der Waals surface area contributed by atoms with Crippen molar-refractivity contribution in [3.63, 3.8) is 0 Å². The van der Waals surface area contributed by atoms with Gasteiger partial charge >= 0.3 is 0 Å². The molecule has 3 nitrogen and oxygen atoms in total. The third-order valence-electron chi connectivity index (χ3n) is 2.53. The molecular weight excluding hydrogens is 258 g/mol. The summed E-state index contributed by atoms with van der Waals surface area (Å²) < 4.78 is 24.2. The largest absolute Gasteiger partial charge is 0.325 e. The van der Waals surface area contributed by atoms with E-state index >= 15 is 0 Å². The van der Waals surface area contributed by atoms with Gasteiger partial charge in [0.15, 0.2) is 0 Å². The maximum absolute atomic E-state index is 12.1. The summed E-state index contributed by atoms with van der Waals surface area (Å²) in [5.74, 6) is -2.62. The molecule has 0 aliphatic rings. The Morgan fingerprint density at radius 3 is 2.28 bits per heavy atom. The summed E-state index contributed by atoms with van der Waals surface area (Å²) in [6.45, 7) is 3.51. The fraction of sp³-hybridized carbons (Fsp3) is 0.417. The molecule has 1 aromatic rings. The fourth-order valence-corrected chi connectivity index (χ4v) is 1.62. The van der Waals surface area contributed by atoms with Gasteiger partial charge in [-0.05, 0) is 45.2 Å². The van der Waals surface area contributed by atoms with Crippen molar-refractivity contribution in [3.8, 4) is 0 Å². The van der Waals surface area contributed by atoms with Crippen molar-refractivity contribution in [2.24, 2.45) is 0 Å². The minimum atomic E-state index is -2.44. The van der Waals surface area contributed by atoms with E-state index in [0.717, 1.165) is 0 Å². The summed E-state index contributed by atoms with van der Waals surface area (Å²) in [7, 11) is 1.70. The van der Waals surface area contributed by atoms with Crippen molar-refractivity contribution >= 4 is 23.4 Å². The molecule has 1 amide bonds. The van der Waals surface area contributed by atoms with E-state index in [1.807, 2.05) is 0 Å². The van der Waals surface area contributed by atoms with Crippen LogP contribution >= 0.6 is 11.8 Å². The molecule has 100 valence electrons. The van der Waals surface area contributed by atoms with Crippen molar-refractivity contribution in [1.29, 1.82) is 0 Å². The van der Waals surface area contributed by atoms with Crippen LogP contribution in [-0.2, 0) is 4.79 Å². The minimum Gasteiger partial charge on any atom is -0.325 e. The SMILES string of the molecule is CNC(C)(C)C(=O)Nc1ccc(SC(F)F)cc1. The molecule has 0 saturated heterocycles.